The Morgan fingerprint density at radius 1 is 0.316 bits per heavy atom. The van der Waals surface area contributed by atoms with Gasteiger partial charge in [-0.1, -0.05) is 84.9 Å². The lowest BCUT2D eigenvalue weighted by molar-refractivity contribution is -0.00966. The molecule has 0 aromatic heterocycles. The Morgan fingerprint density at radius 2 is 0.621 bits per heavy atom. The van der Waals surface area contributed by atoms with Gasteiger partial charge in [0.2, 0.25) is 19.7 Å². The lowest BCUT2D eigenvalue weighted by Gasteiger charge is -2.48. The minimum Gasteiger partial charge on any atom is -0.488 e. The van der Waals surface area contributed by atoms with E-state index in [0.717, 1.165) is 55.0 Å². The number of hydrogen-bond acceptors (Lipinski definition) is 17. The zero-order chi connectivity index (χ0) is 70.1. The number of ether oxygens (including phenoxy) is 5. The summed E-state index contributed by atoms with van der Waals surface area (Å²) in [5.74, 6) is 1.15. The van der Waals surface area contributed by atoms with Crippen molar-refractivity contribution in [1.29, 1.82) is 0 Å². The van der Waals surface area contributed by atoms with Crippen molar-refractivity contribution >= 4 is 60.1 Å². The highest BCUT2D eigenvalue weighted by Crippen LogP contribution is 2.49. The van der Waals surface area contributed by atoms with Crippen molar-refractivity contribution in [1.82, 2.24) is 0 Å². The van der Waals surface area contributed by atoms with Crippen LogP contribution in [0.15, 0.2) is 209 Å². The lowest BCUT2D eigenvalue weighted by Crippen LogP contribution is -2.53. The van der Waals surface area contributed by atoms with Gasteiger partial charge in [0.1, 0.15) is 67.0 Å². The average Bonchev–Trinajstić information content (AvgIpc) is 0.737. The van der Waals surface area contributed by atoms with Crippen LogP contribution < -0.4 is 23.7 Å². The van der Waals surface area contributed by atoms with Crippen molar-refractivity contribution in [3.05, 3.63) is 181 Å². The molecule has 0 aliphatic rings. The van der Waals surface area contributed by atoms with E-state index in [1.807, 2.05) is 41.5 Å². The summed E-state index contributed by atoms with van der Waals surface area (Å²) < 4.78 is 232. The van der Waals surface area contributed by atoms with E-state index in [1.54, 1.807) is 100 Å². The van der Waals surface area contributed by atoms with Crippen LogP contribution in [0.2, 0.25) is 0 Å². The number of benzene rings is 8. The fourth-order valence-corrected chi connectivity index (χ4v) is 17.1. The van der Waals surface area contributed by atoms with Gasteiger partial charge in [0.25, 0.3) is 40.5 Å². The van der Waals surface area contributed by atoms with Gasteiger partial charge >= 0.3 is 0 Å². The second-order valence-electron chi connectivity index (χ2n) is 23.7. The molecule has 8 aromatic carbocycles. The van der Waals surface area contributed by atoms with Crippen molar-refractivity contribution < 1.29 is 92.4 Å². The topological polar surface area (TPSA) is 332 Å². The van der Waals surface area contributed by atoms with Crippen molar-refractivity contribution in [3.63, 3.8) is 0 Å². The summed E-state index contributed by atoms with van der Waals surface area (Å²) >= 11 is 0. The van der Waals surface area contributed by atoms with E-state index in [2.05, 4.69) is 0 Å². The molecule has 0 amide bonds. The third kappa shape index (κ3) is 15.8. The Balaban J connectivity index is 1.00. The highest BCUT2D eigenvalue weighted by molar-refractivity contribution is 7.92. The van der Waals surface area contributed by atoms with Crippen LogP contribution in [0.25, 0.3) is 11.1 Å². The minimum atomic E-state index is -5.22. The van der Waals surface area contributed by atoms with E-state index in [-0.39, 0.29) is 47.5 Å². The first-order valence-corrected chi connectivity index (χ1v) is 38.7. The summed E-state index contributed by atoms with van der Waals surface area (Å²) in [4.78, 5) is -5.72. The molecule has 0 aliphatic carbocycles. The quantitative estimate of drug-likeness (QED) is 0.0331. The van der Waals surface area contributed by atoms with Crippen LogP contribution in [0.4, 0.5) is 0 Å². The van der Waals surface area contributed by atoms with Crippen LogP contribution in [0, 0.1) is 0 Å². The van der Waals surface area contributed by atoms with Crippen molar-refractivity contribution in [3.8, 4) is 57.1 Å². The fourth-order valence-electron chi connectivity index (χ4n) is 11.2. The third-order valence-corrected chi connectivity index (χ3v) is 24.7. The maximum atomic E-state index is 14.4. The summed E-state index contributed by atoms with van der Waals surface area (Å²) in [6.07, 6.45) is 2.36. The maximum Gasteiger partial charge on any atom is 0.298 e. The zero-order valence-electron chi connectivity index (χ0n) is 53.6. The zero-order valence-corrected chi connectivity index (χ0v) is 58.5. The summed E-state index contributed by atoms with van der Waals surface area (Å²) in [6.45, 7) is 18.5. The number of sulfone groups is 2. The van der Waals surface area contributed by atoms with Crippen LogP contribution in [0.5, 0.6) is 46.0 Å². The molecule has 8 aromatic rings. The van der Waals surface area contributed by atoms with Gasteiger partial charge in [0, 0.05) is 5.41 Å². The van der Waals surface area contributed by atoms with Gasteiger partial charge in [0.05, 0.1) is 29.4 Å². The summed E-state index contributed by atoms with van der Waals surface area (Å²) in [6, 6.07) is 37.9. The van der Waals surface area contributed by atoms with Crippen LogP contribution >= 0.6 is 0 Å². The molecule has 0 bridgehead atoms. The standard InChI is InChI=1S/C68H74O21S6/c1-11-65(7,8)88-51-31-29-48(30-32-51)85-47-25-27-50(28-26-47)87-60-40-36-56(44-64(60)95(82,83)84)91(71,72)54-34-38-58(62(42-54)93(76,77)78)68(15-5,16-6)67(10,14-4)89-52-23-19-46(20-24-52)45-17-21-49(22-18-45)86-59-39-35-55(43-63(59)94(79,80)81)90(69,70)53-33-37-57(66(9,12-2)13-3)61(41-53)92(73,74)75/h17-44H,11-16H2,1-10H3,(H,73,74,75)(H,76,77,78)(H,79,80,81)(H,82,83,84). The molecular weight excluding hydrogens is 1350 g/mol. The monoisotopic (exact) mass is 1420 g/mol. The van der Waals surface area contributed by atoms with Gasteiger partial charge in [-0.25, -0.2) is 16.8 Å². The Morgan fingerprint density at radius 3 is 0.968 bits per heavy atom. The highest BCUT2D eigenvalue weighted by Gasteiger charge is 2.50. The van der Waals surface area contributed by atoms with Crippen LogP contribution in [-0.2, 0) is 71.0 Å². The molecule has 0 aliphatic heterocycles. The first kappa shape index (κ1) is 73.1. The molecule has 95 heavy (non-hydrogen) atoms. The van der Waals surface area contributed by atoms with Crippen molar-refractivity contribution in [2.75, 3.05) is 0 Å². The molecule has 21 nitrogen and oxygen atoms in total. The molecule has 0 saturated carbocycles. The Labute approximate surface area is 555 Å². The van der Waals surface area contributed by atoms with Crippen LogP contribution in [0.3, 0.4) is 0 Å². The molecular formula is C68H74O21S6. The molecule has 8 rings (SSSR count). The minimum absolute atomic E-state index is 0.0271. The van der Waals surface area contributed by atoms with E-state index in [0.29, 0.717) is 59.1 Å². The first-order chi connectivity index (χ1) is 44.2. The van der Waals surface area contributed by atoms with Gasteiger partial charge < -0.3 is 23.7 Å². The molecule has 27 heteroatoms. The Bertz CT molecular complexity index is 4880. The first-order valence-electron chi connectivity index (χ1n) is 30.0. The second kappa shape index (κ2) is 27.4. The number of rotatable bonds is 28. The van der Waals surface area contributed by atoms with E-state index >= 15 is 0 Å². The third-order valence-electron chi connectivity index (χ3n) is 17.7. The van der Waals surface area contributed by atoms with Crippen molar-refractivity contribution in [2.45, 2.75) is 169 Å². The predicted molar refractivity (Wildman–Crippen MR) is 355 cm³/mol. The smallest absolute Gasteiger partial charge is 0.298 e. The SMILES string of the molecule is CCC(C)(C)Oc1ccc(Oc2ccc(Oc3ccc(S(=O)(=O)c4ccc(C(CC)(CC)C(C)(CC)Oc5ccc(-c6ccc(Oc7ccc(S(=O)(=O)c8ccc(C(C)(CC)CC)c(S(=O)(=O)O)c8)cc7S(=O)(=O)O)cc6)cc5)c(S(=O)(=O)O)c4)cc3S(=O)(=O)O)cc2)cc1. The van der Waals surface area contributed by atoms with Gasteiger partial charge in [-0.15, -0.1) is 0 Å². The predicted octanol–water partition coefficient (Wildman–Crippen LogP) is 15.3. The van der Waals surface area contributed by atoms with Gasteiger partial charge in [-0.3, -0.25) is 18.2 Å². The van der Waals surface area contributed by atoms with Crippen molar-refractivity contribution in [2.24, 2.45) is 0 Å². The second-order valence-corrected chi connectivity index (χ2v) is 33.2. The van der Waals surface area contributed by atoms with E-state index in [9.17, 15) is 68.7 Å². The molecule has 0 heterocycles. The maximum absolute atomic E-state index is 14.4. The van der Waals surface area contributed by atoms with E-state index in [1.165, 1.54) is 36.4 Å². The van der Waals surface area contributed by atoms with E-state index < -0.39 is 127 Å². The van der Waals surface area contributed by atoms with Crippen LogP contribution in [-0.4, -0.2) is 79.9 Å². The van der Waals surface area contributed by atoms with Gasteiger partial charge in [-0.05, 0) is 220 Å². The summed E-state index contributed by atoms with van der Waals surface area (Å²) in [5, 5.41) is 0. The summed E-state index contributed by atoms with van der Waals surface area (Å²) in [7, 11) is -30.0. The average molecular weight is 1420 g/mol. The normalized spacial score (nSPS) is 13.6. The lowest BCUT2D eigenvalue weighted by atomic mass is 9.63. The summed E-state index contributed by atoms with van der Waals surface area (Å²) in [5.41, 5.74) is -2.14. The van der Waals surface area contributed by atoms with Crippen LogP contribution in [0.1, 0.15) is 119 Å². The van der Waals surface area contributed by atoms with Gasteiger partial charge in [0.15, 0.2) is 0 Å². The Hall–Kier alpha value is -7.70. The van der Waals surface area contributed by atoms with Gasteiger partial charge in [-0.2, -0.15) is 33.7 Å². The molecule has 508 valence electrons. The number of hydrogen-bond donors (Lipinski definition) is 4. The largest absolute Gasteiger partial charge is 0.488 e. The molecule has 1 atom stereocenters. The molecule has 0 saturated heterocycles. The molecule has 0 radical (unpaired) electrons. The highest BCUT2D eigenvalue weighted by atomic mass is 32.2. The fraction of sp³-hybridized carbons (Fsp3) is 0.294. The molecule has 0 fully saturated rings. The molecule has 0 spiro atoms. The molecule has 4 N–H and O–H groups in total. The molecule has 1 unspecified atom stereocenters. The van der Waals surface area contributed by atoms with E-state index in [4.69, 9.17) is 23.7 Å². The Kier molecular flexibility index (Phi) is 21.1.